The van der Waals surface area contributed by atoms with Crippen LogP contribution in [0.15, 0.2) is 61.6 Å². The van der Waals surface area contributed by atoms with Crippen LogP contribution in [0.1, 0.15) is 34.6 Å². The average molecular weight is 646 g/mol. The highest BCUT2D eigenvalue weighted by atomic mass is 127. The topological polar surface area (TPSA) is 147 Å². The second kappa shape index (κ2) is 10.2. The minimum absolute atomic E-state index is 0.308. The van der Waals surface area contributed by atoms with Gasteiger partial charge in [0, 0.05) is 23.5 Å². The summed E-state index contributed by atoms with van der Waals surface area (Å²) in [7, 11) is 0. The molecular formula is C26H20IN10OP. The Morgan fingerprint density at radius 3 is 2.79 bits per heavy atom. The number of anilines is 3. The first-order valence-corrected chi connectivity index (χ1v) is 16.0. The maximum absolute atomic E-state index is 13.0. The lowest BCUT2D eigenvalue weighted by Gasteiger charge is -2.14. The molecule has 1 saturated carbocycles. The molecule has 0 radical (unpaired) electrons. The van der Waals surface area contributed by atoms with Gasteiger partial charge in [-0.3, -0.25) is 19.1 Å². The summed E-state index contributed by atoms with van der Waals surface area (Å²) in [6.45, 7) is 1.87. The normalized spacial score (nSPS) is 13.9. The number of nitriles is 1. The zero-order valence-electron chi connectivity index (χ0n) is 20.6. The van der Waals surface area contributed by atoms with Gasteiger partial charge in [0.25, 0.3) is 5.91 Å². The van der Waals surface area contributed by atoms with Crippen molar-refractivity contribution in [3.63, 3.8) is 0 Å². The lowest BCUT2D eigenvalue weighted by atomic mass is 10.0. The number of carbonyl (C=O) groups excluding carboxylic acids is 1. The first-order chi connectivity index (χ1) is 19.0. The van der Waals surface area contributed by atoms with Crippen molar-refractivity contribution in [3.05, 3.63) is 78.5 Å². The Kier molecular flexibility index (Phi) is 6.62. The van der Waals surface area contributed by atoms with E-state index in [1.807, 2.05) is 23.4 Å². The van der Waals surface area contributed by atoms with Crippen molar-refractivity contribution in [1.29, 1.82) is 5.26 Å². The Morgan fingerprint density at radius 2 is 2.00 bits per heavy atom. The average Bonchev–Trinajstić information content (AvgIpc) is 3.66. The fourth-order valence-corrected chi connectivity index (χ4v) is 5.64. The molecule has 1 unspecified atom stereocenters. The van der Waals surface area contributed by atoms with Crippen molar-refractivity contribution in [2.75, 3.05) is 10.6 Å². The number of hydrogen-bond acceptors (Lipinski definition) is 9. The van der Waals surface area contributed by atoms with E-state index in [4.69, 9.17) is 0 Å². The summed E-state index contributed by atoms with van der Waals surface area (Å²) in [6.07, 6.45) is 10.1. The largest absolute Gasteiger partial charge is 0.338 e. The quantitative estimate of drug-likeness (QED) is 0.177. The second-order valence-corrected chi connectivity index (χ2v) is 11.2. The Labute approximate surface area is 237 Å². The van der Waals surface area contributed by atoms with Crippen LogP contribution >= 0.6 is 28.4 Å². The summed E-state index contributed by atoms with van der Waals surface area (Å²) in [4.78, 5) is 39.8. The molecule has 11 nitrogen and oxygen atoms in total. The van der Waals surface area contributed by atoms with Crippen LogP contribution in [0.5, 0.6) is 0 Å². The molecule has 2 N–H and O–H groups in total. The number of halogens is 1. The molecular weight excluding hydrogens is 626 g/mol. The van der Waals surface area contributed by atoms with Gasteiger partial charge in [-0.15, -0.1) is 0 Å². The van der Waals surface area contributed by atoms with Gasteiger partial charge in [-0.2, -0.15) is 5.26 Å². The molecule has 192 valence electrons. The molecule has 0 aliphatic heterocycles. The van der Waals surface area contributed by atoms with Gasteiger partial charge in [0.15, 0.2) is 5.65 Å². The lowest BCUT2D eigenvalue weighted by Crippen LogP contribution is -2.15. The summed E-state index contributed by atoms with van der Waals surface area (Å²) in [5.74, 6) is 0.264. The van der Waals surface area contributed by atoms with Crippen molar-refractivity contribution in [2.24, 2.45) is 0 Å². The van der Waals surface area contributed by atoms with Gasteiger partial charge in [-0.25, -0.2) is 19.9 Å². The highest BCUT2D eigenvalue weighted by Crippen LogP contribution is 2.46. The highest BCUT2D eigenvalue weighted by Gasteiger charge is 2.46. The monoisotopic (exact) mass is 646 g/mol. The van der Waals surface area contributed by atoms with E-state index >= 15 is 0 Å². The third kappa shape index (κ3) is 4.79. The number of nitrogens with zero attached hydrogens (tertiary/aromatic N) is 8. The van der Waals surface area contributed by atoms with Crippen LogP contribution in [0.25, 0.3) is 22.4 Å². The number of hydrogen-bond donors (Lipinski definition) is 2. The van der Waals surface area contributed by atoms with E-state index in [0.717, 1.165) is 29.7 Å². The van der Waals surface area contributed by atoms with Crippen molar-refractivity contribution >= 4 is 62.7 Å². The minimum Gasteiger partial charge on any atom is -0.338 e. The number of imidazole rings is 1. The maximum atomic E-state index is 13.0. The number of aromatic nitrogens is 7. The summed E-state index contributed by atoms with van der Waals surface area (Å²) in [5.41, 5.74) is 5.28. The van der Waals surface area contributed by atoms with E-state index < -0.39 is 5.41 Å². The van der Waals surface area contributed by atoms with E-state index in [1.165, 1.54) is 6.33 Å². The molecule has 1 aliphatic rings. The van der Waals surface area contributed by atoms with Crippen molar-refractivity contribution in [3.8, 4) is 17.3 Å². The fraction of sp³-hybridized carbons (Fsp3) is 0.154. The Hall–Kier alpha value is -4.08. The number of carbonyl (C=O) groups is 1. The standard InChI is InChI=1S/C26H20IN10OP/c1-15-19(10-17(11-31-15)35-25(38)16-4-8-29-20(9-16)26(12-28)5-6-26)36-23-18(3-2-7-30-23)21-22-24(33-13-32-21)37(39-27)14-34-22/h2-4,7-11,13-14,39H,5-6H2,1H3,(H,30,36)(H,35,38). The van der Waals surface area contributed by atoms with Gasteiger partial charge in [0.05, 0.1) is 46.8 Å². The Bertz CT molecular complexity index is 1780. The molecule has 1 amide bonds. The SMILES string of the molecule is Cc1ncc(NC(=O)c2ccnc(C3(C#N)CC3)c2)cc1Nc1ncccc1-c1ncnc2c1ncn2PI. The predicted molar refractivity (Wildman–Crippen MR) is 157 cm³/mol. The maximum Gasteiger partial charge on any atom is 0.255 e. The van der Waals surface area contributed by atoms with E-state index in [9.17, 15) is 10.1 Å². The third-order valence-electron chi connectivity index (χ3n) is 6.56. The molecule has 5 heterocycles. The van der Waals surface area contributed by atoms with Gasteiger partial charge < -0.3 is 10.6 Å². The fourth-order valence-electron chi connectivity index (χ4n) is 4.23. The van der Waals surface area contributed by atoms with Crippen LogP contribution in [0.3, 0.4) is 0 Å². The Morgan fingerprint density at radius 1 is 1.13 bits per heavy atom. The van der Waals surface area contributed by atoms with Gasteiger partial charge in [-0.1, -0.05) is 0 Å². The predicted octanol–water partition coefficient (Wildman–Crippen LogP) is 5.33. The number of pyridine rings is 3. The zero-order valence-corrected chi connectivity index (χ0v) is 23.7. The molecule has 1 atom stereocenters. The molecule has 1 fully saturated rings. The number of amides is 1. The van der Waals surface area contributed by atoms with Gasteiger partial charge >= 0.3 is 0 Å². The van der Waals surface area contributed by atoms with Crippen molar-refractivity contribution in [1.82, 2.24) is 34.2 Å². The van der Waals surface area contributed by atoms with Gasteiger partial charge in [0.1, 0.15) is 29.7 Å². The highest BCUT2D eigenvalue weighted by molar-refractivity contribution is 14.2. The molecule has 1 aliphatic carbocycles. The molecule has 39 heavy (non-hydrogen) atoms. The van der Waals surface area contributed by atoms with Crippen LogP contribution in [0.4, 0.5) is 17.2 Å². The third-order valence-corrected chi connectivity index (χ3v) is 8.63. The number of aryl methyl sites for hydroxylation is 1. The van der Waals surface area contributed by atoms with Crippen LogP contribution in [-0.4, -0.2) is 40.1 Å². The zero-order chi connectivity index (χ0) is 27.0. The summed E-state index contributed by atoms with van der Waals surface area (Å²) >= 11 is 2.29. The lowest BCUT2D eigenvalue weighted by molar-refractivity contribution is 0.102. The minimum atomic E-state index is -0.566. The molecule has 5 aromatic heterocycles. The van der Waals surface area contributed by atoms with Crippen LogP contribution < -0.4 is 10.6 Å². The summed E-state index contributed by atoms with van der Waals surface area (Å²) in [6, 6.07) is 11.2. The molecule has 6 rings (SSSR count). The van der Waals surface area contributed by atoms with E-state index in [-0.39, 0.29) is 5.91 Å². The first-order valence-electron chi connectivity index (χ1n) is 11.9. The number of nitrogens with one attached hydrogen (secondary N) is 2. The first kappa shape index (κ1) is 25.2. The van der Waals surface area contributed by atoms with Crippen molar-refractivity contribution < 1.29 is 4.79 Å². The van der Waals surface area contributed by atoms with E-state index in [0.29, 0.717) is 46.0 Å². The molecule has 0 bridgehead atoms. The molecule has 0 saturated heterocycles. The second-order valence-electron chi connectivity index (χ2n) is 9.05. The molecule has 13 heteroatoms. The summed E-state index contributed by atoms with van der Waals surface area (Å²) < 4.78 is 1.97. The molecule has 0 aromatic carbocycles. The number of fused-ring (bicyclic) bond motifs is 1. The van der Waals surface area contributed by atoms with Crippen LogP contribution in [0.2, 0.25) is 0 Å². The van der Waals surface area contributed by atoms with Gasteiger partial charge in [0.2, 0.25) is 0 Å². The Balaban J connectivity index is 1.28. The van der Waals surface area contributed by atoms with Crippen LogP contribution in [-0.2, 0) is 5.41 Å². The van der Waals surface area contributed by atoms with E-state index in [2.05, 4.69) is 68.6 Å². The smallest absolute Gasteiger partial charge is 0.255 e. The van der Waals surface area contributed by atoms with Crippen molar-refractivity contribution in [2.45, 2.75) is 25.2 Å². The summed E-state index contributed by atoms with van der Waals surface area (Å²) in [5, 5.41) is 15.7. The molecule has 0 spiro atoms. The number of rotatable bonds is 7. The van der Waals surface area contributed by atoms with E-state index in [1.54, 1.807) is 43.1 Å². The van der Waals surface area contributed by atoms with Gasteiger partial charge in [-0.05, 0) is 72.1 Å². The van der Waals surface area contributed by atoms with Crippen LogP contribution in [0, 0.1) is 18.3 Å². The molecule has 5 aromatic rings.